The number of benzene rings is 1. The van der Waals surface area contributed by atoms with Crippen LogP contribution < -0.4 is 5.73 Å². The van der Waals surface area contributed by atoms with Gasteiger partial charge in [-0.05, 0) is 40.9 Å². The number of sulfonamides is 1. The third-order valence-corrected chi connectivity index (χ3v) is 7.06. The lowest BCUT2D eigenvalue weighted by molar-refractivity contribution is 0.393. The predicted molar refractivity (Wildman–Crippen MR) is 80.1 cm³/mol. The molecule has 0 aromatic heterocycles. The highest BCUT2D eigenvalue weighted by Crippen LogP contribution is 2.37. The quantitative estimate of drug-likeness (QED) is 0.811. The van der Waals surface area contributed by atoms with E-state index in [1.807, 2.05) is 0 Å². The summed E-state index contributed by atoms with van der Waals surface area (Å²) < 4.78 is 27.2. The Hall–Kier alpha value is 0.150. The van der Waals surface area contributed by atoms with E-state index in [0.717, 1.165) is 12.8 Å². The molecule has 0 saturated carbocycles. The van der Waals surface area contributed by atoms with Crippen molar-refractivity contribution in [3.63, 3.8) is 0 Å². The average molecular weight is 388 g/mol. The van der Waals surface area contributed by atoms with Gasteiger partial charge in [-0.15, -0.1) is 0 Å². The van der Waals surface area contributed by atoms with Gasteiger partial charge in [0.2, 0.25) is 10.0 Å². The molecule has 106 valence electrons. The molecule has 1 aromatic rings. The Bertz CT molecular complexity index is 595. The molecule has 8 heteroatoms. The fourth-order valence-electron chi connectivity index (χ4n) is 2.19. The van der Waals surface area contributed by atoms with Gasteiger partial charge < -0.3 is 5.73 Å². The van der Waals surface area contributed by atoms with Crippen LogP contribution in [0.1, 0.15) is 12.8 Å². The van der Waals surface area contributed by atoms with Gasteiger partial charge in [-0.2, -0.15) is 4.31 Å². The molecule has 1 atom stereocenters. The summed E-state index contributed by atoms with van der Waals surface area (Å²) in [6.45, 7) is 0.773. The van der Waals surface area contributed by atoms with Crippen LogP contribution in [0.4, 0.5) is 0 Å². The molecule has 1 fully saturated rings. The standard InChI is InChI=1S/C11H13BrCl2N2O2S/c12-8-3-4-9(11(14)10(8)13)19(17,18)16-5-1-2-7(16)6-15/h3-4,7H,1-2,5-6,15H2. The third-order valence-electron chi connectivity index (χ3n) is 3.18. The third kappa shape index (κ3) is 2.80. The molecule has 1 heterocycles. The largest absolute Gasteiger partial charge is 0.329 e. The van der Waals surface area contributed by atoms with E-state index in [0.29, 0.717) is 17.6 Å². The molecular formula is C11H13BrCl2N2O2S. The second-order valence-corrected chi connectivity index (χ2v) is 7.79. The minimum atomic E-state index is -3.65. The zero-order valence-electron chi connectivity index (χ0n) is 9.94. The normalized spacial score (nSPS) is 20.9. The Morgan fingerprint density at radius 3 is 2.68 bits per heavy atom. The molecule has 1 saturated heterocycles. The SMILES string of the molecule is NCC1CCCN1S(=O)(=O)c1ccc(Br)c(Cl)c1Cl. The number of hydrogen-bond acceptors (Lipinski definition) is 3. The van der Waals surface area contributed by atoms with E-state index in [4.69, 9.17) is 28.9 Å². The Morgan fingerprint density at radius 2 is 2.05 bits per heavy atom. The van der Waals surface area contributed by atoms with E-state index >= 15 is 0 Å². The van der Waals surface area contributed by atoms with Gasteiger partial charge in [-0.1, -0.05) is 23.2 Å². The van der Waals surface area contributed by atoms with Gasteiger partial charge in [-0.3, -0.25) is 0 Å². The highest BCUT2D eigenvalue weighted by atomic mass is 79.9. The molecule has 4 nitrogen and oxygen atoms in total. The van der Waals surface area contributed by atoms with Crippen LogP contribution >= 0.6 is 39.1 Å². The van der Waals surface area contributed by atoms with Gasteiger partial charge in [0.1, 0.15) is 4.90 Å². The Kier molecular flexibility index (Phi) is 4.80. The Balaban J connectivity index is 2.48. The molecular weight excluding hydrogens is 375 g/mol. The van der Waals surface area contributed by atoms with Crippen LogP contribution in [-0.4, -0.2) is 31.9 Å². The molecule has 0 radical (unpaired) electrons. The summed E-state index contributed by atoms with van der Waals surface area (Å²) in [5.41, 5.74) is 5.62. The van der Waals surface area contributed by atoms with Crippen molar-refractivity contribution >= 4 is 49.2 Å². The molecule has 1 unspecified atom stereocenters. The van der Waals surface area contributed by atoms with Crippen LogP contribution in [0.5, 0.6) is 0 Å². The van der Waals surface area contributed by atoms with E-state index < -0.39 is 10.0 Å². The number of nitrogens with zero attached hydrogens (tertiary/aromatic N) is 1. The van der Waals surface area contributed by atoms with Crippen LogP contribution in [0.25, 0.3) is 0 Å². The molecule has 1 aliphatic heterocycles. The van der Waals surface area contributed by atoms with Gasteiger partial charge in [-0.25, -0.2) is 8.42 Å². The average Bonchev–Trinajstić information content (AvgIpc) is 2.84. The molecule has 19 heavy (non-hydrogen) atoms. The summed E-state index contributed by atoms with van der Waals surface area (Å²) in [4.78, 5) is 0.0303. The monoisotopic (exact) mass is 386 g/mol. The zero-order chi connectivity index (χ0) is 14.2. The number of halogens is 3. The molecule has 2 rings (SSSR count). The lowest BCUT2D eigenvalue weighted by Gasteiger charge is -2.23. The van der Waals surface area contributed by atoms with E-state index in [-0.39, 0.29) is 21.0 Å². The van der Waals surface area contributed by atoms with Gasteiger partial charge in [0.05, 0.1) is 10.0 Å². The predicted octanol–water partition coefficient (Wildman–Crippen LogP) is 2.87. The molecule has 0 amide bonds. The zero-order valence-corrected chi connectivity index (χ0v) is 13.9. The highest BCUT2D eigenvalue weighted by Gasteiger charge is 2.36. The molecule has 0 bridgehead atoms. The first-order chi connectivity index (χ1) is 8.89. The molecule has 2 N–H and O–H groups in total. The van der Waals surface area contributed by atoms with Crippen molar-refractivity contribution in [3.05, 3.63) is 26.7 Å². The van der Waals surface area contributed by atoms with E-state index in [1.54, 1.807) is 6.07 Å². The minimum Gasteiger partial charge on any atom is -0.329 e. The van der Waals surface area contributed by atoms with Crippen molar-refractivity contribution in [1.29, 1.82) is 0 Å². The van der Waals surface area contributed by atoms with Crippen molar-refractivity contribution in [2.24, 2.45) is 5.73 Å². The Labute approximate surface area is 131 Å². The summed E-state index contributed by atoms with van der Waals surface area (Å²) in [7, 11) is -3.65. The van der Waals surface area contributed by atoms with Crippen LogP contribution in [0.2, 0.25) is 10.0 Å². The minimum absolute atomic E-state index is 0.0303. The van der Waals surface area contributed by atoms with Gasteiger partial charge in [0, 0.05) is 23.6 Å². The molecule has 0 aliphatic carbocycles. The van der Waals surface area contributed by atoms with E-state index in [9.17, 15) is 8.42 Å². The molecule has 1 aliphatic rings. The number of hydrogen-bond donors (Lipinski definition) is 1. The maximum Gasteiger partial charge on any atom is 0.244 e. The summed E-state index contributed by atoms with van der Waals surface area (Å²) in [5.74, 6) is 0. The summed E-state index contributed by atoms with van der Waals surface area (Å²) >= 11 is 15.2. The summed E-state index contributed by atoms with van der Waals surface area (Å²) in [6.07, 6.45) is 1.58. The second kappa shape index (κ2) is 5.87. The summed E-state index contributed by atoms with van der Waals surface area (Å²) in [5, 5.41) is 0.241. The molecule has 1 aromatic carbocycles. The van der Waals surface area contributed by atoms with Crippen molar-refractivity contribution in [2.75, 3.05) is 13.1 Å². The van der Waals surface area contributed by atoms with Gasteiger partial charge in [0.25, 0.3) is 0 Å². The van der Waals surface area contributed by atoms with Crippen LogP contribution in [-0.2, 0) is 10.0 Å². The topological polar surface area (TPSA) is 63.4 Å². The maximum absolute atomic E-state index is 12.6. The number of rotatable bonds is 3. The van der Waals surface area contributed by atoms with Crippen molar-refractivity contribution in [3.8, 4) is 0 Å². The lowest BCUT2D eigenvalue weighted by atomic mass is 10.2. The van der Waals surface area contributed by atoms with Crippen molar-refractivity contribution in [2.45, 2.75) is 23.8 Å². The van der Waals surface area contributed by atoms with Crippen LogP contribution in [0, 0.1) is 0 Å². The first-order valence-electron chi connectivity index (χ1n) is 5.75. The fraction of sp³-hybridized carbons (Fsp3) is 0.455. The first-order valence-corrected chi connectivity index (χ1v) is 8.74. The van der Waals surface area contributed by atoms with E-state index in [1.165, 1.54) is 10.4 Å². The van der Waals surface area contributed by atoms with Gasteiger partial charge >= 0.3 is 0 Å². The first kappa shape index (κ1) is 15.5. The van der Waals surface area contributed by atoms with Crippen molar-refractivity contribution in [1.82, 2.24) is 4.31 Å². The van der Waals surface area contributed by atoms with Crippen molar-refractivity contribution < 1.29 is 8.42 Å². The molecule has 0 spiro atoms. The fourth-order valence-corrected chi connectivity index (χ4v) is 5.09. The van der Waals surface area contributed by atoms with E-state index in [2.05, 4.69) is 15.9 Å². The smallest absolute Gasteiger partial charge is 0.244 e. The highest BCUT2D eigenvalue weighted by molar-refractivity contribution is 9.10. The second-order valence-electron chi connectivity index (χ2n) is 4.32. The maximum atomic E-state index is 12.6. The van der Waals surface area contributed by atoms with Crippen LogP contribution in [0.15, 0.2) is 21.5 Å². The lowest BCUT2D eigenvalue weighted by Crippen LogP contribution is -2.39. The number of nitrogens with two attached hydrogens (primary N) is 1. The van der Waals surface area contributed by atoms with Gasteiger partial charge in [0.15, 0.2) is 0 Å². The van der Waals surface area contributed by atoms with Crippen LogP contribution in [0.3, 0.4) is 0 Å². The summed E-state index contributed by atoms with van der Waals surface area (Å²) in [6, 6.07) is 2.87. The Morgan fingerprint density at radius 1 is 1.37 bits per heavy atom.